The molecular weight excluding hydrogens is 434 g/mol. The van der Waals surface area contributed by atoms with E-state index in [1.54, 1.807) is 6.08 Å². The summed E-state index contributed by atoms with van der Waals surface area (Å²) in [6, 6.07) is -0.637. The van der Waals surface area contributed by atoms with Crippen molar-refractivity contribution in [3.63, 3.8) is 0 Å². The number of carbonyl (C=O) groups is 1. The van der Waals surface area contributed by atoms with E-state index >= 15 is 0 Å². The molecule has 0 aromatic rings. The summed E-state index contributed by atoms with van der Waals surface area (Å²) < 4.78 is 0. The summed E-state index contributed by atoms with van der Waals surface area (Å²) in [6.45, 7) is 4.14. The fraction of sp³-hybridized carbons (Fsp3) is 0.774. The van der Waals surface area contributed by atoms with Crippen molar-refractivity contribution in [1.82, 2.24) is 5.32 Å². The third kappa shape index (κ3) is 24.1. The quantitative estimate of drug-likeness (QED) is 0.0896. The number of aliphatic hydroxyl groups excluding tert-OH is 2. The van der Waals surface area contributed by atoms with Crippen molar-refractivity contribution in [3.05, 3.63) is 36.5 Å². The summed E-state index contributed by atoms with van der Waals surface area (Å²) in [5.41, 5.74) is 0. The molecule has 0 aliphatic heterocycles. The lowest BCUT2D eigenvalue weighted by Crippen LogP contribution is -2.45. The maximum Gasteiger partial charge on any atom is 0.220 e. The van der Waals surface area contributed by atoms with Gasteiger partial charge in [0.15, 0.2) is 0 Å². The standard InChI is InChI=1S/C31H57NO3/c1-3-5-7-9-11-13-15-16-17-19-21-23-25-27-31(35)32-29(28-33)30(34)26-24-22-20-18-14-12-10-8-6-4-2/h6,8,14,18,24,26,29-30,33-34H,3-5,7,9-13,15-17,19-23,25,27-28H2,1-2H3,(H,32,35)/b8-6+,18-14+,26-24+. The van der Waals surface area contributed by atoms with E-state index in [9.17, 15) is 15.0 Å². The third-order valence-electron chi connectivity index (χ3n) is 6.37. The van der Waals surface area contributed by atoms with Gasteiger partial charge in [0.05, 0.1) is 18.8 Å². The molecule has 0 rings (SSSR count). The Labute approximate surface area is 217 Å². The average Bonchev–Trinajstić information content (AvgIpc) is 2.86. The fourth-order valence-corrected chi connectivity index (χ4v) is 4.10. The van der Waals surface area contributed by atoms with Crippen LogP contribution in [0.2, 0.25) is 0 Å². The van der Waals surface area contributed by atoms with E-state index in [1.165, 1.54) is 70.6 Å². The minimum Gasteiger partial charge on any atom is -0.394 e. The number of unbranched alkanes of at least 4 members (excludes halogenated alkanes) is 14. The van der Waals surface area contributed by atoms with Gasteiger partial charge in [-0.15, -0.1) is 0 Å². The first-order valence-electron chi connectivity index (χ1n) is 14.7. The Morgan fingerprint density at radius 1 is 0.686 bits per heavy atom. The van der Waals surface area contributed by atoms with Crippen LogP contribution in [0.5, 0.6) is 0 Å². The molecule has 0 fully saturated rings. The second-order valence-electron chi connectivity index (χ2n) is 9.77. The van der Waals surface area contributed by atoms with Gasteiger partial charge in [0.25, 0.3) is 0 Å². The Balaban J connectivity index is 3.74. The van der Waals surface area contributed by atoms with Crippen molar-refractivity contribution in [2.24, 2.45) is 0 Å². The van der Waals surface area contributed by atoms with Crippen LogP contribution in [-0.2, 0) is 4.79 Å². The predicted molar refractivity (Wildman–Crippen MR) is 152 cm³/mol. The number of allylic oxidation sites excluding steroid dienone is 5. The Morgan fingerprint density at radius 2 is 1.14 bits per heavy atom. The summed E-state index contributed by atoms with van der Waals surface area (Å²) >= 11 is 0. The molecule has 3 N–H and O–H groups in total. The summed E-state index contributed by atoms with van der Waals surface area (Å²) in [6.07, 6.45) is 33.6. The maximum absolute atomic E-state index is 12.2. The second-order valence-corrected chi connectivity index (χ2v) is 9.77. The second kappa shape index (κ2) is 27.2. The van der Waals surface area contributed by atoms with Gasteiger partial charge in [-0.3, -0.25) is 4.79 Å². The number of rotatable bonds is 25. The van der Waals surface area contributed by atoms with Crippen LogP contribution in [0, 0.1) is 0 Å². The largest absolute Gasteiger partial charge is 0.394 e. The molecule has 0 bridgehead atoms. The van der Waals surface area contributed by atoms with Gasteiger partial charge in [-0.05, 0) is 38.5 Å². The Bertz CT molecular complexity index is 541. The molecule has 2 unspecified atom stereocenters. The molecule has 4 nitrogen and oxygen atoms in total. The van der Waals surface area contributed by atoms with Crippen molar-refractivity contribution in [1.29, 1.82) is 0 Å². The molecule has 0 aromatic heterocycles. The summed E-state index contributed by atoms with van der Waals surface area (Å²) in [5.74, 6) is -0.0837. The molecule has 35 heavy (non-hydrogen) atoms. The van der Waals surface area contributed by atoms with Crippen molar-refractivity contribution >= 4 is 5.91 Å². The van der Waals surface area contributed by atoms with E-state index < -0.39 is 12.1 Å². The third-order valence-corrected chi connectivity index (χ3v) is 6.37. The minimum absolute atomic E-state index is 0.0837. The highest BCUT2D eigenvalue weighted by molar-refractivity contribution is 5.76. The Hall–Kier alpha value is -1.39. The smallest absolute Gasteiger partial charge is 0.220 e. The van der Waals surface area contributed by atoms with Crippen LogP contribution in [0.25, 0.3) is 0 Å². The van der Waals surface area contributed by atoms with Gasteiger partial charge in [-0.2, -0.15) is 0 Å². The SMILES string of the molecule is CC/C=C/CC/C=C/CC/C=C/C(O)C(CO)NC(=O)CCCCCCCCCCCCCCC. The number of aliphatic hydroxyl groups is 2. The minimum atomic E-state index is -0.862. The molecule has 2 atom stereocenters. The molecular formula is C31H57NO3. The molecule has 0 aliphatic rings. The zero-order valence-corrected chi connectivity index (χ0v) is 23.1. The normalized spacial score (nSPS) is 13.8. The van der Waals surface area contributed by atoms with E-state index in [-0.39, 0.29) is 12.5 Å². The molecule has 1 amide bonds. The molecule has 0 aromatic carbocycles. The number of nitrogens with one attached hydrogen (secondary N) is 1. The van der Waals surface area contributed by atoms with E-state index in [1.807, 2.05) is 6.08 Å². The monoisotopic (exact) mass is 491 g/mol. The maximum atomic E-state index is 12.2. The molecule has 0 saturated heterocycles. The zero-order chi connectivity index (χ0) is 25.8. The van der Waals surface area contributed by atoms with E-state index in [0.717, 1.165) is 44.9 Å². The molecule has 0 radical (unpaired) electrons. The van der Waals surface area contributed by atoms with Gasteiger partial charge in [0, 0.05) is 6.42 Å². The molecule has 4 heteroatoms. The fourth-order valence-electron chi connectivity index (χ4n) is 4.10. The number of hydrogen-bond acceptors (Lipinski definition) is 3. The molecule has 0 saturated carbocycles. The summed E-state index contributed by atoms with van der Waals surface area (Å²) in [4.78, 5) is 12.2. The van der Waals surface area contributed by atoms with Crippen LogP contribution in [0.4, 0.5) is 0 Å². The van der Waals surface area contributed by atoms with Crippen molar-refractivity contribution < 1.29 is 15.0 Å². The number of hydrogen-bond donors (Lipinski definition) is 3. The first kappa shape index (κ1) is 33.6. The van der Waals surface area contributed by atoms with Crippen LogP contribution in [-0.4, -0.2) is 34.9 Å². The first-order chi connectivity index (χ1) is 17.2. The molecule has 204 valence electrons. The van der Waals surface area contributed by atoms with Gasteiger partial charge in [0.2, 0.25) is 5.91 Å². The number of amides is 1. The van der Waals surface area contributed by atoms with Crippen LogP contribution >= 0.6 is 0 Å². The molecule has 0 aliphatic carbocycles. The lowest BCUT2D eigenvalue weighted by Gasteiger charge is -2.19. The zero-order valence-electron chi connectivity index (χ0n) is 23.1. The van der Waals surface area contributed by atoms with E-state index in [2.05, 4.69) is 43.5 Å². The molecule has 0 heterocycles. The highest BCUT2D eigenvalue weighted by Gasteiger charge is 2.17. The van der Waals surface area contributed by atoms with Crippen LogP contribution in [0.1, 0.15) is 136 Å². The molecule has 0 spiro atoms. The summed E-state index contributed by atoms with van der Waals surface area (Å²) in [7, 11) is 0. The number of carbonyl (C=O) groups excluding carboxylic acids is 1. The Kier molecular flexibility index (Phi) is 26.1. The average molecular weight is 492 g/mol. The predicted octanol–water partition coefficient (Wildman–Crippen LogP) is 7.94. The van der Waals surface area contributed by atoms with Crippen molar-refractivity contribution in [2.75, 3.05) is 6.61 Å². The first-order valence-corrected chi connectivity index (χ1v) is 14.7. The highest BCUT2D eigenvalue weighted by Crippen LogP contribution is 2.13. The highest BCUT2D eigenvalue weighted by atomic mass is 16.3. The van der Waals surface area contributed by atoms with Gasteiger partial charge >= 0.3 is 0 Å². The van der Waals surface area contributed by atoms with Crippen LogP contribution < -0.4 is 5.32 Å². The van der Waals surface area contributed by atoms with Gasteiger partial charge in [-0.25, -0.2) is 0 Å². The lowest BCUT2D eigenvalue weighted by molar-refractivity contribution is -0.123. The topological polar surface area (TPSA) is 69.6 Å². The van der Waals surface area contributed by atoms with Crippen LogP contribution in [0.3, 0.4) is 0 Å². The van der Waals surface area contributed by atoms with Crippen LogP contribution in [0.15, 0.2) is 36.5 Å². The van der Waals surface area contributed by atoms with Crippen molar-refractivity contribution in [2.45, 2.75) is 148 Å². The van der Waals surface area contributed by atoms with E-state index in [0.29, 0.717) is 6.42 Å². The summed E-state index contributed by atoms with van der Waals surface area (Å²) in [5, 5.41) is 22.6. The Morgan fingerprint density at radius 3 is 1.63 bits per heavy atom. The van der Waals surface area contributed by atoms with E-state index in [4.69, 9.17) is 0 Å². The lowest BCUT2D eigenvalue weighted by atomic mass is 10.0. The van der Waals surface area contributed by atoms with Gasteiger partial charge in [-0.1, -0.05) is 127 Å². The van der Waals surface area contributed by atoms with Gasteiger partial charge in [0.1, 0.15) is 0 Å². The van der Waals surface area contributed by atoms with Gasteiger partial charge < -0.3 is 15.5 Å². The van der Waals surface area contributed by atoms with Crippen molar-refractivity contribution in [3.8, 4) is 0 Å².